The first-order valence-electron chi connectivity index (χ1n) is 5.68. The summed E-state index contributed by atoms with van der Waals surface area (Å²) in [6.07, 6.45) is 2.76. The molecule has 1 aliphatic rings. The van der Waals surface area contributed by atoms with Crippen LogP contribution in [0, 0.1) is 0 Å². The lowest BCUT2D eigenvalue weighted by Gasteiger charge is -2.28. The zero-order valence-electron chi connectivity index (χ0n) is 9.13. The van der Waals surface area contributed by atoms with Gasteiger partial charge in [0, 0.05) is 6.61 Å². The van der Waals surface area contributed by atoms with Crippen LogP contribution in [0.2, 0.25) is 0 Å². The van der Waals surface area contributed by atoms with E-state index >= 15 is 0 Å². The van der Waals surface area contributed by atoms with E-state index in [2.05, 4.69) is 0 Å². The van der Waals surface area contributed by atoms with Gasteiger partial charge in [-0.3, -0.25) is 4.79 Å². The smallest absolute Gasteiger partial charge is 0.313 e. The minimum Gasteiger partial charge on any atom is -0.481 e. The first kappa shape index (κ1) is 14.2. The van der Waals surface area contributed by atoms with E-state index in [9.17, 15) is 9.90 Å². The van der Waals surface area contributed by atoms with Crippen molar-refractivity contribution in [3.63, 3.8) is 0 Å². The van der Waals surface area contributed by atoms with Crippen molar-refractivity contribution in [3.05, 3.63) is 35.9 Å². The molecule has 17 heavy (non-hydrogen) atoms. The molecular weight excluding hydrogens is 231 g/mol. The largest absolute Gasteiger partial charge is 0.481 e. The standard InChI is InChI=1S/C13H16O3.Al.3H/c14-13(15)12(10-6-2-1-3-7-10)11-8-4-5-9-16-11;;;;/h1-3,6-7,11-12H,4-5,8-9H2,(H,14,15);;;;. The van der Waals surface area contributed by atoms with Crippen molar-refractivity contribution in [2.24, 2.45) is 0 Å². The van der Waals surface area contributed by atoms with E-state index in [1.807, 2.05) is 30.3 Å². The fourth-order valence-corrected chi connectivity index (χ4v) is 2.21. The fraction of sp³-hybridized carbons (Fsp3) is 0.462. The van der Waals surface area contributed by atoms with Gasteiger partial charge in [-0.25, -0.2) is 0 Å². The summed E-state index contributed by atoms with van der Waals surface area (Å²) in [7, 11) is 0. The van der Waals surface area contributed by atoms with Gasteiger partial charge in [-0.1, -0.05) is 30.3 Å². The Morgan fingerprint density at radius 1 is 1.29 bits per heavy atom. The molecule has 1 N–H and O–H groups in total. The number of carboxylic acid groups (broad SMARTS) is 1. The zero-order valence-corrected chi connectivity index (χ0v) is 9.13. The van der Waals surface area contributed by atoms with Crippen molar-refractivity contribution in [2.45, 2.75) is 31.3 Å². The number of rotatable bonds is 3. The van der Waals surface area contributed by atoms with Crippen molar-refractivity contribution in [1.82, 2.24) is 0 Å². The van der Waals surface area contributed by atoms with E-state index < -0.39 is 11.9 Å². The molecule has 1 saturated heterocycles. The minimum absolute atomic E-state index is 0. The van der Waals surface area contributed by atoms with Crippen LogP contribution in [-0.2, 0) is 9.53 Å². The van der Waals surface area contributed by atoms with Gasteiger partial charge in [0.15, 0.2) is 17.4 Å². The lowest BCUT2D eigenvalue weighted by atomic mass is 9.89. The summed E-state index contributed by atoms with van der Waals surface area (Å²) >= 11 is 0. The fourth-order valence-electron chi connectivity index (χ4n) is 2.21. The van der Waals surface area contributed by atoms with Gasteiger partial charge in [-0.05, 0) is 24.8 Å². The summed E-state index contributed by atoms with van der Waals surface area (Å²) in [5.41, 5.74) is 0.835. The average Bonchev–Trinajstić information content (AvgIpc) is 2.31. The predicted molar refractivity (Wildman–Crippen MR) is 70.3 cm³/mol. The van der Waals surface area contributed by atoms with Gasteiger partial charge in [0.05, 0.1) is 6.10 Å². The molecule has 2 rings (SSSR count). The highest BCUT2D eigenvalue weighted by Crippen LogP contribution is 2.28. The van der Waals surface area contributed by atoms with Gasteiger partial charge in [-0.2, -0.15) is 0 Å². The molecule has 0 amide bonds. The molecule has 0 aliphatic carbocycles. The Bertz CT molecular complexity index is 347. The number of aliphatic carboxylic acids is 1. The Hall–Kier alpha value is -0.818. The van der Waals surface area contributed by atoms with Crippen LogP contribution in [0.3, 0.4) is 0 Å². The molecule has 1 aliphatic heterocycles. The molecule has 0 bridgehead atoms. The van der Waals surface area contributed by atoms with Crippen LogP contribution < -0.4 is 0 Å². The Labute approximate surface area is 112 Å². The Kier molecular flexibility index (Phi) is 5.70. The second-order valence-electron chi connectivity index (χ2n) is 4.13. The lowest BCUT2D eigenvalue weighted by Crippen LogP contribution is -2.31. The molecule has 0 saturated carbocycles. The molecule has 2 atom stereocenters. The third-order valence-corrected chi connectivity index (χ3v) is 3.01. The van der Waals surface area contributed by atoms with Crippen molar-refractivity contribution in [2.75, 3.05) is 6.61 Å². The van der Waals surface area contributed by atoms with Crippen LogP contribution in [-0.4, -0.2) is 41.1 Å². The van der Waals surface area contributed by atoms with Crippen molar-refractivity contribution in [3.8, 4) is 0 Å². The molecule has 0 spiro atoms. The Morgan fingerprint density at radius 2 is 2.00 bits per heavy atom. The normalized spacial score (nSPS) is 21.3. The SMILES string of the molecule is O=C(O)C(c1ccccc1)C1CCCCO1.[AlH3]. The molecule has 0 radical (unpaired) electrons. The summed E-state index contributed by atoms with van der Waals surface area (Å²) in [4.78, 5) is 11.3. The van der Waals surface area contributed by atoms with Gasteiger partial charge in [0.25, 0.3) is 0 Å². The van der Waals surface area contributed by atoms with E-state index in [1.54, 1.807) is 0 Å². The second-order valence-corrected chi connectivity index (χ2v) is 4.13. The van der Waals surface area contributed by atoms with Crippen molar-refractivity contribution >= 4 is 23.3 Å². The predicted octanol–water partition coefficient (Wildman–Crippen LogP) is 1.24. The Balaban J connectivity index is 0.00000144. The molecular formula is C13H19AlO3. The first-order valence-corrected chi connectivity index (χ1v) is 5.68. The van der Waals surface area contributed by atoms with Gasteiger partial charge < -0.3 is 9.84 Å². The highest BCUT2D eigenvalue weighted by molar-refractivity contribution is 5.77. The van der Waals surface area contributed by atoms with Crippen LogP contribution in [0.1, 0.15) is 30.7 Å². The van der Waals surface area contributed by atoms with Crippen LogP contribution in [0.4, 0.5) is 0 Å². The van der Waals surface area contributed by atoms with Crippen LogP contribution in [0.5, 0.6) is 0 Å². The third-order valence-electron chi connectivity index (χ3n) is 3.01. The monoisotopic (exact) mass is 250 g/mol. The highest BCUT2D eigenvalue weighted by atomic mass is 27.0. The summed E-state index contributed by atoms with van der Waals surface area (Å²) in [5.74, 6) is -1.32. The van der Waals surface area contributed by atoms with Gasteiger partial charge in [-0.15, -0.1) is 0 Å². The maximum Gasteiger partial charge on any atom is 0.313 e. The van der Waals surface area contributed by atoms with E-state index in [4.69, 9.17) is 4.74 Å². The Morgan fingerprint density at radius 3 is 2.53 bits per heavy atom. The molecule has 1 fully saturated rings. The van der Waals surface area contributed by atoms with E-state index in [0.717, 1.165) is 24.8 Å². The quantitative estimate of drug-likeness (QED) is 0.821. The van der Waals surface area contributed by atoms with Crippen molar-refractivity contribution in [1.29, 1.82) is 0 Å². The summed E-state index contributed by atoms with van der Waals surface area (Å²) in [6, 6.07) is 9.35. The van der Waals surface area contributed by atoms with Crippen LogP contribution >= 0.6 is 0 Å². The molecule has 3 nitrogen and oxygen atoms in total. The number of carboxylic acids is 1. The molecule has 2 unspecified atom stereocenters. The van der Waals surface area contributed by atoms with Gasteiger partial charge in [0.1, 0.15) is 5.92 Å². The molecule has 1 aromatic rings. The van der Waals surface area contributed by atoms with E-state index in [0.29, 0.717) is 6.61 Å². The number of ether oxygens (including phenoxy) is 1. The number of benzene rings is 1. The number of hydrogen-bond donors (Lipinski definition) is 1. The summed E-state index contributed by atoms with van der Waals surface area (Å²) in [6.45, 7) is 0.682. The topological polar surface area (TPSA) is 46.5 Å². The maximum atomic E-state index is 11.3. The van der Waals surface area contributed by atoms with E-state index in [-0.39, 0.29) is 23.5 Å². The zero-order chi connectivity index (χ0) is 11.4. The van der Waals surface area contributed by atoms with Crippen LogP contribution in [0.15, 0.2) is 30.3 Å². The summed E-state index contributed by atoms with van der Waals surface area (Å²) in [5, 5.41) is 9.30. The number of carbonyl (C=O) groups is 1. The van der Waals surface area contributed by atoms with Gasteiger partial charge >= 0.3 is 5.97 Å². The maximum absolute atomic E-state index is 11.3. The second kappa shape index (κ2) is 6.81. The molecule has 92 valence electrons. The minimum atomic E-state index is -0.793. The molecule has 0 aromatic heterocycles. The average molecular weight is 250 g/mol. The first-order chi connectivity index (χ1) is 7.79. The molecule has 4 heteroatoms. The van der Waals surface area contributed by atoms with Gasteiger partial charge in [0.2, 0.25) is 0 Å². The van der Waals surface area contributed by atoms with Crippen molar-refractivity contribution < 1.29 is 14.6 Å². The third kappa shape index (κ3) is 3.57. The molecule has 1 heterocycles. The van der Waals surface area contributed by atoms with Crippen LogP contribution in [0.25, 0.3) is 0 Å². The molecule has 1 aromatic carbocycles. The van der Waals surface area contributed by atoms with E-state index in [1.165, 1.54) is 0 Å². The number of hydrogen-bond acceptors (Lipinski definition) is 2. The summed E-state index contributed by atoms with van der Waals surface area (Å²) < 4.78 is 5.57. The lowest BCUT2D eigenvalue weighted by molar-refractivity contribution is -0.144. The highest BCUT2D eigenvalue weighted by Gasteiger charge is 2.31.